The fraction of sp³-hybridized carbons (Fsp3) is 0.100. The predicted molar refractivity (Wildman–Crippen MR) is 118 cm³/mol. The highest BCUT2D eigenvalue weighted by molar-refractivity contribution is 9.11. The third-order valence-electron chi connectivity index (χ3n) is 3.45. The zero-order valence-electron chi connectivity index (χ0n) is 14.8. The standard InChI is InChI=1S/C20H15Br2ClN2O3/c1-3-6-28-19-15(21)8-12(9-16(19)22)7-13(11-24)20(26)25-17-10-14(23)4-5-18(17)27-2/h3-5,7-10H,1,6H2,2H3,(H,25,26)/b13-7+. The van der Waals surface area contributed by atoms with E-state index in [2.05, 4.69) is 43.8 Å². The molecule has 0 aliphatic carbocycles. The summed E-state index contributed by atoms with van der Waals surface area (Å²) in [6, 6.07) is 10.2. The molecule has 1 N–H and O–H groups in total. The lowest BCUT2D eigenvalue weighted by Gasteiger charge is -2.11. The number of amides is 1. The number of hydrogen-bond donors (Lipinski definition) is 1. The second-order valence-corrected chi connectivity index (χ2v) is 7.53. The molecule has 2 rings (SSSR count). The molecule has 2 aromatic rings. The molecule has 0 aliphatic heterocycles. The average molecular weight is 527 g/mol. The Bertz CT molecular complexity index is 961. The number of carbonyl (C=O) groups is 1. The normalized spacial score (nSPS) is 10.8. The van der Waals surface area contributed by atoms with Crippen molar-refractivity contribution in [2.45, 2.75) is 0 Å². The summed E-state index contributed by atoms with van der Waals surface area (Å²) in [6.45, 7) is 3.96. The smallest absolute Gasteiger partial charge is 0.266 e. The van der Waals surface area contributed by atoms with E-state index >= 15 is 0 Å². The summed E-state index contributed by atoms with van der Waals surface area (Å²) in [5, 5.41) is 12.5. The molecule has 144 valence electrons. The molecule has 0 fully saturated rings. The van der Waals surface area contributed by atoms with Gasteiger partial charge in [0, 0.05) is 5.02 Å². The summed E-state index contributed by atoms with van der Waals surface area (Å²) in [6.07, 6.45) is 3.11. The quantitative estimate of drug-likeness (QED) is 0.274. The van der Waals surface area contributed by atoms with Gasteiger partial charge < -0.3 is 14.8 Å². The van der Waals surface area contributed by atoms with Gasteiger partial charge in [-0.1, -0.05) is 24.3 Å². The minimum absolute atomic E-state index is 0.0828. The lowest BCUT2D eigenvalue weighted by molar-refractivity contribution is -0.112. The second-order valence-electron chi connectivity index (χ2n) is 5.38. The Hall–Kier alpha value is -2.27. The monoisotopic (exact) mass is 524 g/mol. The molecule has 0 saturated heterocycles. The third kappa shape index (κ3) is 5.61. The van der Waals surface area contributed by atoms with Gasteiger partial charge in [0.15, 0.2) is 0 Å². The van der Waals surface area contributed by atoms with Crippen LogP contribution in [0.5, 0.6) is 11.5 Å². The fourth-order valence-corrected chi connectivity index (χ4v) is 3.85. The molecule has 1 amide bonds. The number of nitrogens with one attached hydrogen (secondary N) is 1. The van der Waals surface area contributed by atoms with Crippen molar-refractivity contribution in [3.63, 3.8) is 0 Å². The first-order chi connectivity index (χ1) is 13.4. The second kappa shape index (κ2) is 10.3. The predicted octanol–water partition coefficient (Wildman–Crippen LogP) is 5.98. The molecule has 0 radical (unpaired) electrons. The number of halogens is 3. The van der Waals surface area contributed by atoms with Gasteiger partial charge in [0.05, 0.1) is 21.7 Å². The van der Waals surface area contributed by atoms with Gasteiger partial charge in [-0.2, -0.15) is 5.26 Å². The molecule has 0 aliphatic rings. The summed E-state index contributed by atoms with van der Waals surface area (Å²) in [4.78, 5) is 12.5. The maximum atomic E-state index is 12.5. The van der Waals surface area contributed by atoms with Crippen LogP contribution >= 0.6 is 43.5 Å². The average Bonchev–Trinajstić information content (AvgIpc) is 2.65. The molecule has 0 bridgehead atoms. The van der Waals surface area contributed by atoms with E-state index in [9.17, 15) is 10.1 Å². The van der Waals surface area contributed by atoms with Gasteiger partial charge in [0.25, 0.3) is 5.91 Å². The molecular weight excluding hydrogens is 511 g/mol. The van der Waals surface area contributed by atoms with Crippen molar-refractivity contribution >= 4 is 61.1 Å². The third-order valence-corrected chi connectivity index (χ3v) is 4.87. The number of nitriles is 1. The Morgan fingerprint density at radius 1 is 1.32 bits per heavy atom. The summed E-state index contributed by atoms with van der Waals surface area (Å²) in [5.41, 5.74) is 0.923. The summed E-state index contributed by atoms with van der Waals surface area (Å²) < 4.78 is 12.1. The number of hydrogen-bond acceptors (Lipinski definition) is 4. The van der Waals surface area contributed by atoms with Crippen molar-refractivity contribution in [3.8, 4) is 17.6 Å². The molecule has 28 heavy (non-hydrogen) atoms. The number of carbonyl (C=O) groups excluding carboxylic acids is 1. The van der Waals surface area contributed by atoms with E-state index in [1.54, 1.807) is 36.4 Å². The number of anilines is 1. The van der Waals surface area contributed by atoms with Crippen LogP contribution in [0.2, 0.25) is 5.02 Å². The minimum Gasteiger partial charge on any atom is -0.495 e. The lowest BCUT2D eigenvalue weighted by atomic mass is 10.1. The molecule has 5 nitrogen and oxygen atoms in total. The first-order valence-electron chi connectivity index (χ1n) is 7.89. The van der Waals surface area contributed by atoms with Gasteiger partial charge in [-0.15, -0.1) is 0 Å². The van der Waals surface area contributed by atoms with Crippen LogP contribution in [0.1, 0.15) is 5.56 Å². The van der Waals surface area contributed by atoms with Crippen molar-refractivity contribution in [2.75, 3.05) is 19.0 Å². The van der Waals surface area contributed by atoms with Gasteiger partial charge in [0.1, 0.15) is 29.7 Å². The molecule has 0 heterocycles. The van der Waals surface area contributed by atoms with Crippen molar-refractivity contribution < 1.29 is 14.3 Å². The Balaban J connectivity index is 2.31. The van der Waals surface area contributed by atoms with E-state index in [-0.39, 0.29) is 5.57 Å². The zero-order valence-corrected chi connectivity index (χ0v) is 18.7. The first kappa shape index (κ1) is 22.0. The lowest BCUT2D eigenvalue weighted by Crippen LogP contribution is -2.14. The van der Waals surface area contributed by atoms with Crippen LogP contribution in [0.3, 0.4) is 0 Å². The number of rotatable bonds is 7. The van der Waals surface area contributed by atoms with E-state index in [0.717, 1.165) is 0 Å². The molecule has 0 unspecified atom stereocenters. The van der Waals surface area contributed by atoms with Crippen LogP contribution in [0, 0.1) is 11.3 Å². The Kier molecular flexibility index (Phi) is 8.12. The Labute approximate surface area is 184 Å². The van der Waals surface area contributed by atoms with Crippen LogP contribution in [-0.4, -0.2) is 19.6 Å². The van der Waals surface area contributed by atoms with Crippen LogP contribution in [0.25, 0.3) is 6.08 Å². The maximum absolute atomic E-state index is 12.5. The van der Waals surface area contributed by atoms with E-state index in [1.165, 1.54) is 13.2 Å². The van der Waals surface area contributed by atoms with E-state index < -0.39 is 5.91 Å². The Morgan fingerprint density at radius 3 is 2.57 bits per heavy atom. The summed E-state index contributed by atoms with van der Waals surface area (Å²) in [7, 11) is 1.48. The van der Waals surface area contributed by atoms with Crippen LogP contribution in [0.4, 0.5) is 5.69 Å². The topological polar surface area (TPSA) is 71.3 Å². The van der Waals surface area contributed by atoms with Gasteiger partial charge >= 0.3 is 0 Å². The number of benzene rings is 2. The van der Waals surface area contributed by atoms with Crippen molar-refractivity contribution in [1.82, 2.24) is 0 Å². The van der Waals surface area contributed by atoms with Gasteiger partial charge in [-0.3, -0.25) is 4.79 Å². The molecular formula is C20H15Br2ClN2O3. The van der Waals surface area contributed by atoms with Crippen LogP contribution in [-0.2, 0) is 4.79 Å². The van der Waals surface area contributed by atoms with Gasteiger partial charge in [-0.05, 0) is 73.8 Å². The maximum Gasteiger partial charge on any atom is 0.266 e. The van der Waals surface area contributed by atoms with E-state index in [1.807, 2.05) is 6.07 Å². The first-order valence-corrected chi connectivity index (χ1v) is 9.85. The molecule has 0 aromatic heterocycles. The highest BCUT2D eigenvalue weighted by Crippen LogP contribution is 2.35. The summed E-state index contributed by atoms with van der Waals surface area (Å²) in [5.74, 6) is 0.454. The van der Waals surface area contributed by atoms with Crippen molar-refractivity contribution in [1.29, 1.82) is 5.26 Å². The number of methoxy groups -OCH3 is 1. The fourth-order valence-electron chi connectivity index (χ4n) is 2.23. The van der Waals surface area contributed by atoms with E-state index in [0.29, 0.717) is 43.3 Å². The minimum atomic E-state index is -0.581. The van der Waals surface area contributed by atoms with Crippen LogP contribution < -0.4 is 14.8 Å². The van der Waals surface area contributed by atoms with Gasteiger partial charge in [-0.25, -0.2) is 0 Å². The number of nitrogens with zero attached hydrogens (tertiary/aromatic N) is 1. The Morgan fingerprint density at radius 2 is 2.00 bits per heavy atom. The highest BCUT2D eigenvalue weighted by atomic mass is 79.9. The molecule has 2 aromatic carbocycles. The molecule has 0 saturated carbocycles. The number of ether oxygens (including phenoxy) is 2. The summed E-state index contributed by atoms with van der Waals surface area (Å²) >= 11 is 12.8. The van der Waals surface area contributed by atoms with E-state index in [4.69, 9.17) is 21.1 Å². The van der Waals surface area contributed by atoms with Crippen molar-refractivity contribution in [3.05, 3.63) is 68.1 Å². The largest absolute Gasteiger partial charge is 0.495 e. The van der Waals surface area contributed by atoms with Crippen molar-refractivity contribution in [2.24, 2.45) is 0 Å². The van der Waals surface area contributed by atoms with Gasteiger partial charge in [0.2, 0.25) is 0 Å². The SMILES string of the molecule is C=CCOc1c(Br)cc(/C=C(\C#N)C(=O)Nc2cc(Cl)ccc2OC)cc1Br. The molecule has 0 spiro atoms. The molecule has 0 atom stereocenters. The molecule has 8 heteroatoms. The zero-order chi connectivity index (χ0) is 20.7. The highest BCUT2D eigenvalue weighted by Gasteiger charge is 2.14. The van der Waals surface area contributed by atoms with Crippen LogP contribution in [0.15, 0.2) is 57.5 Å².